The van der Waals surface area contributed by atoms with E-state index in [9.17, 15) is 18.0 Å². The number of halogens is 2. The van der Waals surface area contributed by atoms with Gasteiger partial charge in [-0.2, -0.15) is 0 Å². The van der Waals surface area contributed by atoms with Crippen molar-refractivity contribution >= 4 is 72.7 Å². The van der Waals surface area contributed by atoms with Gasteiger partial charge in [0.05, 0.1) is 15.0 Å². The molecule has 0 aliphatic carbocycles. The average molecular weight is 635 g/mol. The highest BCUT2D eigenvalue weighted by molar-refractivity contribution is 7.92. The Hall–Kier alpha value is -3.09. The summed E-state index contributed by atoms with van der Waals surface area (Å²) in [5, 5.41) is 7.46. The lowest BCUT2D eigenvalue weighted by Gasteiger charge is -2.26. The molecule has 41 heavy (non-hydrogen) atoms. The summed E-state index contributed by atoms with van der Waals surface area (Å²) in [7, 11) is -4.07. The number of likely N-dealkylation sites (tertiary alicyclic amines) is 1. The number of carbonyl (C=O) groups is 1. The van der Waals surface area contributed by atoms with Crippen molar-refractivity contribution in [2.75, 3.05) is 36.8 Å². The van der Waals surface area contributed by atoms with Gasteiger partial charge in [0.15, 0.2) is 0 Å². The van der Waals surface area contributed by atoms with Crippen LogP contribution in [0.1, 0.15) is 25.7 Å². The predicted molar refractivity (Wildman–Crippen MR) is 167 cm³/mol. The lowest BCUT2D eigenvalue weighted by molar-refractivity contribution is 0.228. The number of nitrogens with zero attached hydrogens (tertiary/aromatic N) is 2. The van der Waals surface area contributed by atoms with Gasteiger partial charge >= 0.3 is 6.03 Å². The summed E-state index contributed by atoms with van der Waals surface area (Å²) in [5.41, 5.74) is 1.40. The molecule has 2 aromatic heterocycles. The molecule has 1 fully saturated rings. The summed E-state index contributed by atoms with van der Waals surface area (Å²) in [5.74, 6) is 0. The van der Waals surface area contributed by atoms with E-state index < -0.39 is 16.1 Å². The standard InChI is InChI=1S/C28H29Cl2N5O4S2/c29-23-18-21(32-28(37)33-41(38,39)26-10-9-25(30)40-26)6-8-24(23)35-16-11-19-17-20(5-7-22(19)27(35)36)31-12-4-15-34-13-2-1-3-14-34/h5-11,16-18,31H,1-4,12-15H2,(H2,32,33,37). The molecular weight excluding hydrogens is 605 g/mol. The molecule has 0 unspecified atom stereocenters. The number of sulfonamides is 1. The van der Waals surface area contributed by atoms with Gasteiger partial charge in [0.1, 0.15) is 4.21 Å². The minimum Gasteiger partial charge on any atom is -0.385 e. The van der Waals surface area contributed by atoms with Gasteiger partial charge < -0.3 is 15.5 Å². The quantitative estimate of drug-likeness (QED) is 0.190. The largest absolute Gasteiger partial charge is 0.385 e. The predicted octanol–water partition coefficient (Wildman–Crippen LogP) is 6.16. The second kappa shape index (κ2) is 12.8. The van der Waals surface area contributed by atoms with Crippen molar-refractivity contribution < 1.29 is 13.2 Å². The third-order valence-corrected chi connectivity index (χ3v) is 10.2. The van der Waals surface area contributed by atoms with Crippen molar-refractivity contribution in [2.24, 2.45) is 0 Å². The number of thiophene rings is 1. The van der Waals surface area contributed by atoms with Crippen molar-refractivity contribution in [1.29, 1.82) is 0 Å². The van der Waals surface area contributed by atoms with Crippen LogP contribution in [0.15, 0.2) is 69.8 Å². The van der Waals surface area contributed by atoms with Gasteiger partial charge in [0.25, 0.3) is 15.6 Å². The fourth-order valence-corrected chi connectivity index (χ4v) is 7.48. The van der Waals surface area contributed by atoms with Crippen LogP contribution in [0, 0.1) is 0 Å². The number of nitrogens with one attached hydrogen (secondary N) is 3. The first-order chi connectivity index (χ1) is 19.7. The highest BCUT2D eigenvalue weighted by Crippen LogP contribution is 2.27. The fourth-order valence-electron chi connectivity index (χ4n) is 4.82. The Morgan fingerprint density at radius 2 is 1.73 bits per heavy atom. The molecule has 0 spiro atoms. The van der Waals surface area contributed by atoms with Crippen molar-refractivity contribution in [3.05, 3.63) is 80.5 Å². The number of benzene rings is 2. The molecule has 5 rings (SSSR count). The zero-order valence-corrected chi connectivity index (χ0v) is 25.2. The van der Waals surface area contributed by atoms with E-state index in [4.69, 9.17) is 23.2 Å². The van der Waals surface area contributed by atoms with Crippen LogP contribution in [0.3, 0.4) is 0 Å². The first-order valence-electron chi connectivity index (χ1n) is 13.2. The Morgan fingerprint density at radius 3 is 2.46 bits per heavy atom. The zero-order valence-electron chi connectivity index (χ0n) is 22.0. The second-order valence-corrected chi connectivity index (χ2v) is 13.8. The molecule has 3 N–H and O–H groups in total. The van der Waals surface area contributed by atoms with Crippen molar-refractivity contribution in [2.45, 2.75) is 29.9 Å². The van der Waals surface area contributed by atoms with Crippen LogP contribution in [0.5, 0.6) is 0 Å². The Balaban J connectivity index is 1.24. The summed E-state index contributed by atoms with van der Waals surface area (Å²) in [6.45, 7) is 4.34. The number of hydrogen-bond acceptors (Lipinski definition) is 7. The van der Waals surface area contributed by atoms with Gasteiger partial charge in [-0.3, -0.25) is 9.36 Å². The zero-order chi connectivity index (χ0) is 29.0. The summed E-state index contributed by atoms with van der Waals surface area (Å²) >= 11 is 13.1. The summed E-state index contributed by atoms with van der Waals surface area (Å²) in [6, 6.07) is 13.9. The first kappa shape index (κ1) is 29.4. The van der Waals surface area contributed by atoms with Crippen LogP contribution in [-0.2, 0) is 10.0 Å². The molecule has 0 bridgehead atoms. The molecule has 0 atom stereocenters. The molecule has 1 aliphatic rings. The van der Waals surface area contributed by atoms with Gasteiger partial charge in [0.2, 0.25) is 0 Å². The molecule has 2 amide bonds. The minimum atomic E-state index is -4.07. The third-order valence-electron chi connectivity index (χ3n) is 6.84. The van der Waals surface area contributed by atoms with E-state index in [1.807, 2.05) is 22.9 Å². The first-order valence-corrected chi connectivity index (χ1v) is 16.3. The van der Waals surface area contributed by atoms with E-state index in [0.717, 1.165) is 41.9 Å². The molecule has 2 aromatic carbocycles. The number of amides is 2. The maximum absolute atomic E-state index is 13.3. The number of pyridine rings is 1. The minimum absolute atomic E-state index is 0.0857. The molecule has 4 aromatic rings. The fraction of sp³-hybridized carbons (Fsp3) is 0.286. The van der Waals surface area contributed by atoms with Gasteiger partial charge in [-0.05, 0) is 98.9 Å². The van der Waals surface area contributed by atoms with Crippen molar-refractivity contribution in [3.63, 3.8) is 0 Å². The van der Waals surface area contributed by atoms with E-state index in [-0.39, 0.29) is 24.8 Å². The number of aromatic nitrogens is 1. The van der Waals surface area contributed by atoms with Crippen LogP contribution in [0.25, 0.3) is 16.5 Å². The number of urea groups is 1. The van der Waals surface area contributed by atoms with Gasteiger partial charge in [-0.25, -0.2) is 17.9 Å². The summed E-state index contributed by atoms with van der Waals surface area (Å²) < 4.78 is 28.3. The topological polar surface area (TPSA) is 113 Å². The molecule has 1 saturated heterocycles. The number of carbonyl (C=O) groups excluding carboxylic acids is 1. The van der Waals surface area contributed by atoms with Crippen molar-refractivity contribution in [1.82, 2.24) is 14.2 Å². The Kier molecular flexibility index (Phi) is 9.20. The van der Waals surface area contributed by atoms with Crippen molar-refractivity contribution in [3.8, 4) is 5.69 Å². The number of piperidine rings is 1. The highest BCUT2D eigenvalue weighted by atomic mass is 35.5. The van der Waals surface area contributed by atoms with Gasteiger partial charge in [-0.1, -0.05) is 29.6 Å². The van der Waals surface area contributed by atoms with Crippen LogP contribution in [0.4, 0.5) is 16.2 Å². The molecule has 3 heterocycles. The van der Waals surface area contributed by atoms with Gasteiger partial charge in [0, 0.05) is 29.5 Å². The van der Waals surface area contributed by atoms with E-state index in [2.05, 4.69) is 15.5 Å². The lowest BCUT2D eigenvalue weighted by Crippen LogP contribution is -2.33. The van der Waals surface area contributed by atoms with Gasteiger partial charge in [-0.15, -0.1) is 11.3 Å². The molecule has 0 saturated carbocycles. The SMILES string of the molecule is O=C(Nc1ccc(-n2ccc3cc(NCCCN4CCCCC4)ccc3c2=O)c(Cl)c1)NS(=O)(=O)c1ccc(Cl)s1. The maximum Gasteiger partial charge on any atom is 0.333 e. The molecule has 216 valence electrons. The molecular formula is C28H29Cl2N5O4S2. The number of fused-ring (bicyclic) bond motifs is 1. The molecule has 0 radical (unpaired) electrons. The summed E-state index contributed by atoms with van der Waals surface area (Å²) in [4.78, 5) is 28.1. The van der Waals surface area contributed by atoms with Crippen LogP contribution in [-0.4, -0.2) is 50.1 Å². The van der Waals surface area contributed by atoms with E-state index in [0.29, 0.717) is 11.1 Å². The second-order valence-electron chi connectivity index (χ2n) is 9.76. The monoisotopic (exact) mass is 633 g/mol. The Bertz CT molecular complexity index is 1730. The normalized spacial score (nSPS) is 14.2. The maximum atomic E-state index is 13.3. The van der Waals surface area contributed by atoms with Crippen LogP contribution < -0.4 is 20.9 Å². The average Bonchev–Trinajstić information content (AvgIpc) is 3.39. The van der Waals surface area contributed by atoms with E-state index in [1.54, 1.807) is 18.3 Å². The smallest absolute Gasteiger partial charge is 0.333 e. The van der Waals surface area contributed by atoms with Crippen LogP contribution >= 0.6 is 34.5 Å². The number of anilines is 2. The number of hydrogen-bond donors (Lipinski definition) is 3. The Labute approximate surface area is 252 Å². The van der Waals surface area contributed by atoms with Crippen LogP contribution in [0.2, 0.25) is 9.36 Å². The Morgan fingerprint density at radius 1 is 0.951 bits per heavy atom. The van der Waals surface area contributed by atoms with E-state index >= 15 is 0 Å². The lowest BCUT2D eigenvalue weighted by atomic mass is 10.1. The number of rotatable bonds is 9. The summed E-state index contributed by atoms with van der Waals surface area (Å²) in [6.07, 6.45) is 6.63. The highest BCUT2D eigenvalue weighted by Gasteiger charge is 2.20. The third kappa shape index (κ3) is 7.22. The molecule has 1 aliphatic heterocycles. The molecule has 13 heteroatoms. The molecule has 9 nitrogen and oxygen atoms in total. The van der Waals surface area contributed by atoms with E-state index in [1.165, 1.54) is 61.2 Å².